The predicted molar refractivity (Wildman–Crippen MR) is 92.8 cm³/mol. The van der Waals surface area contributed by atoms with Gasteiger partial charge in [-0.1, -0.05) is 24.3 Å². The van der Waals surface area contributed by atoms with Crippen LogP contribution >= 0.6 is 15.9 Å². The molecule has 3 rings (SSSR count). The molecule has 0 spiro atoms. The van der Waals surface area contributed by atoms with Crippen molar-refractivity contribution in [1.82, 2.24) is 4.90 Å². The van der Waals surface area contributed by atoms with Gasteiger partial charge in [-0.25, -0.2) is 4.39 Å². The number of halogens is 2. The zero-order valence-corrected chi connectivity index (χ0v) is 14.3. The van der Waals surface area contributed by atoms with Crippen molar-refractivity contribution < 1.29 is 4.39 Å². The van der Waals surface area contributed by atoms with Crippen LogP contribution in [-0.2, 0) is 6.54 Å². The fourth-order valence-electron chi connectivity index (χ4n) is 2.96. The second-order valence-electron chi connectivity index (χ2n) is 5.80. The number of anilines is 1. The van der Waals surface area contributed by atoms with Gasteiger partial charge in [0.15, 0.2) is 0 Å². The zero-order valence-electron chi connectivity index (χ0n) is 12.7. The summed E-state index contributed by atoms with van der Waals surface area (Å²) in [5.74, 6) is -0.201. The lowest BCUT2D eigenvalue weighted by Crippen LogP contribution is -2.46. The van der Waals surface area contributed by atoms with Gasteiger partial charge in [-0.3, -0.25) is 4.90 Å². The fourth-order valence-corrected chi connectivity index (χ4v) is 3.39. The number of benzene rings is 2. The minimum absolute atomic E-state index is 0.201. The van der Waals surface area contributed by atoms with E-state index in [0.717, 1.165) is 38.3 Å². The summed E-state index contributed by atoms with van der Waals surface area (Å²) in [6.45, 7) is 7.17. The van der Waals surface area contributed by atoms with E-state index < -0.39 is 0 Å². The Balaban J connectivity index is 1.60. The van der Waals surface area contributed by atoms with Crippen LogP contribution in [0, 0.1) is 12.7 Å². The van der Waals surface area contributed by atoms with Crippen LogP contribution in [0.4, 0.5) is 10.1 Å². The minimum Gasteiger partial charge on any atom is -0.369 e. The van der Waals surface area contributed by atoms with Gasteiger partial charge in [-0.15, -0.1) is 0 Å². The molecule has 0 N–H and O–H groups in total. The van der Waals surface area contributed by atoms with E-state index in [1.807, 2.05) is 12.1 Å². The summed E-state index contributed by atoms with van der Waals surface area (Å²) in [6, 6.07) is 13.8. The van der Waals surface area contributed by atoms with Crippen molar-refractivity contribution in [2.45, 2.75) is 13.5 Å². The van der Waals surface area contributed by atoms with E-state index in [-0.39, 0.29) is 5.82 Å². The highest BCUT2D eigenvalue weighted by atomic mass is 79.9. The van der Waals surface area contributed by atoms with Crippen molar-refractivity contribution in [2.75, 3.05) is 31.1 Å². The molecule has 0 bridgehead atoms. The first-order valence-corrected chi connectivity index (χ1v) is 8.39. The van der Waals surface area contributed by atoms with Crippen molar-refractivity contribution in [3.05, 3.63) is 63.9 Å². The average Bonchev–Trinajstić information content (AvgIpc) is 2.52. The molecular weight excluding hydrogens is 343 g/mol. The van der Waals surface area contributed by atoms with Gasteiger partial charge in [0.2, 0.25) is 0 Å². The van der Waals surface area contributed by atoms with Crippen LogP contribution in [0.5, 0.6) is 0 Å². The van der Waals surface area contributed by atoms with Gasteiger partial charge < -0.3 is 4.90 Å². The van der Waals surface area contributed by atoms with Crippen LogP contribution in [-0.4, -0.2) is 31.1 Å². The predicted octanol–water partition coefficient (Wildman–Crippen LogP) is 4.22. The van der Waals surface area contributed by atoms with E-state index in [2.05, 4.69) is 56.9 Å². The zero-order chi connectivity index (χ0) is 15.5. The third-order valence-corrected chi connectivity index (χ3v) is 4.83. The van der Waals surface area contributed by atoms with Crippen molar-refractivity contribution in [3.63, 3.8) is 0 Å². The number of para-hydroxylation sites is 1. The maximum atomic E-state index is 13.3. The van der Waals surface area contributed by atoms with Gasteiger partial charge in [0, 0.05) is 38.4 Å². The number of hydrogen-bond donors (Lipinski definition) is 0. The first-order valence-electron chi connectivity index (χ1n) is 7.60. The molecule has 0 unspecified atom stereocenters. The molecule has 1 aliphatic heterocycles. The average molecular weight is 363 g/mol. The molecule has 22 heavy (non-hydrogen) atoms. The molecule has 0 aromatic heterocycles. The summed E-state index contributed by atoms with van der Waals surface area (Å²) in [4.78, 5) is 4.88. The summed E-state index contributed by atoms with van der Waals surface area (Å²) in [5, 5.41) is 0. The Labute approximate surface area is 139 Å². The SMILES string of the molecule is Cc1ccccc1N1CCN(Cc2ccc(F)c(Br)c2)CC1. The number of hydrogen-bond acceptors (Lipinski definition) is 2. The summed E-state index contributed by atoms with van der Waals surface area (Å²) >= 11 is 3.26. The number of piperazine rings is 1. The Bertz CT molecular complexity index is 651. The second-order valence-corrected chi connectivity index (χ2v) is 6.65. The first kappa shape index (κ1) is 15.5. The number of nitrogens with zero attached hydrogens (tertiary/aromatic N) is 2. The van der Waals surface area contributed by atoms with Crippen LogP contribution in [0.25, 0.3) is 0 Å². The van der Waals surface area contributed by atoms with Crippen LogP contribution in [0.1, 0.15) is 11.1 Å². The smallest absolute Gasteiger partial charge is 0.137 e. The Morgan fingerprint density at radius 1 is 1.05 bits per heavy atom. The van der Waals surface area contributed by atoms with Crippen molar-refractivity contribution in [3.8, 4) is 0 Å². The third-order valence-electron chi connectivity index (χ3n) is 4.22. The molecule has 1 aliphatic rings. The lowest BCUT2D eigenvalue weighted by Gasteiger charge is -2.36. The van der Waals surface area contributed by atoms with Gasteiger partial charge in [-0.05, 0) is 52.2 Å². The van der Waals surface area contributed by atoms with Gasteiger partial charge >= 0.3 is 0 Å². The Morgan fingerprint density at radius 2 is 1.77 bits per heavy atom. The van der Waals surface area contributed by atoms with E-state index in [9.17, 15) is 4.39 Å². The lowest BCUT2D eigenvalue weighted by molar-refractivity contribution is 0.249. The summed E-state index contributed by atoms with van der Waals surface area (Å²) in [5.41, 5.74) is 3.82. The molecule has 2 aromatic carbocycles. The van der Waals surface area contributed by atoms with Crippen LogP contribution < -0.4 is 4.90 Å². The summed E-state index contributed by atoms with van der Waals surface area (Å²) in [6.07, 6.45) is 0. The molecule has 4 heteroatoms. The van der Waals surface area contributed by atoms with Gasteiger partial charge in [0.25, 0.3) is 0 Å². The summed E-state index contributed by atoms with van der Waals surface area (Å²) < 4.78 is 13.8. The molecule has 0 radical (unpaired) electrons. The maximum Gasteiger partial charge on any atom is 0.137 e. The molecule has 1 saturated heterocycles. The third kappa shape index (κ3) is 3.50. The molecule has 0 aliphatic carbocycles. The molecule has 2 nitrogen and oxygen atoms in total. The molecular formula is C18H20BrFN2. The van der Waals surface area contributed by atoms with E-state index >= 15 is 0 Å². The quantitative estimate of drug-likeness (QED) is 0.806. The molecule has 1 fully saturated rings. The number of aryl methyl sites for hydroxylation is 1. The van der Waals surface area contributed by atoms with Crippen molar-refractivity contribution in [2.24, 2.45) is 0 Å². The van der Waals surface area contributed by atoms with Crippen molar-refractivity contribution >= 4 is 21.6 Å². The van der Waals surface area contributed by atoms with E-state index in [1.54, 1.807) is 0 Å². The second kappa shape index (κ2) is 6.80. The van der Waals surface area contributed by atoms with E-state index in [1.165, 1.54) is 17.3 Å². The fraction of sp³-hybridized carbons (Fsp3) is 0.333. The van der Waals surface area contributed by atoms with Crippen LogP contribution in [0.3, 0.4) is 0 Å². The molecule has 0 atom stereocenters. The van der Waals surface area contributed by atoms with E-state index in [4.69, 9.17) is 0 Å². The highest BCUT2D eigenvalue weighted by Gasteiger charge is 2.18. The largest absolute Gasteiger partial charge is 0.369 e. The molecule has 116 valence electrons. The molecule has 0 saturated carbocycles. The van der Waals surface area contributed by atoms with E-state index in [0.29, 0.717) is 4.47 Å². The maximum absolute atomic E-state index is 13.3. The van der Waals surface area contributed by atoms with Gasteiger partial charge in [0.05, 0.1) is 4.47 Å². The Hall–Kier alpha value is -1.39. The highest BCUT2D eigenvalue weighted by molar-refractivity contribution is 9.10. The van der Waals surface area contributed by atoms with Crippen molar-refractivity contribution in [1.29, 1.82) is 0 Å². The summed E-state index contributed by atoms with van der Waals surface area (Å²) in [7, 11) is 0. The highest BCUT2D eigenvalue weighted by Crippen LogP contribution is 2.22. The minimum atomic E-state index is -0.201. The molecule has 0 amide bonds. The Kier molecular flexibility index (Phi) is 4.79. The normalized spacial score (nSPS) is 16.0. The Morgan fingerprint density at radius 3 is 2.45 bits per heavy atom. The van der Waals surface area contributed by atoms with Crippen LogP contribution in [0.2, 0.25) is 0 Å². The van der Waals surface area contributed by atoms with Gasteiger partial charge in [-0.2, -0.15) is 0 Å². The standard InChI is InChI=1S/C18H20BrFN2/c1-14-4-2-3-5-18(14)22-10-8-21(9-11-22)13-15-6-7-17(20)16(19)12-15/h2-7,12H,8-11,13H2,1H3. The van der Waals surface area contributed by atoms with Gasteiger partial charge in [0.1, 0.15) is 5.82 Å². The molecule has 1 heterocycles. The number of rotatable bonds is 3. The monoisotopic (exact) mass is 362 g/mol. The van der Waals surface area contributed by atoms with Crippen LogP contribution in [0.15, 0.2) is 46.9 Å². The molecule has 2 aromatic rings. The first-order chi connectivity index (χ1) is 10.6. The topological polar surface area (TPSA) is 6.48 Å². The lowest BCUT2D eigenvalue weighted by atomic mass is 10.1.